The van der Waals surface area contributed by atoms with Crippen LogP contribution in [0.1, 0.15) is 41.0 Å². The van der Waals surface area contributed by atoms with Crippen molar-refractivity contribution in [3.63, 3.8) is 0 Å². The maximum Gasteiger partial charge on any atom is 0.154 e. The van der Waals surface area contributed by atoms with E-state index in [4.69, 9.17) is 0 Å². The van der Waals surface area contributed by atoms with Gasteiger partial charge in [0.15, 0.2) is 5.78 Å². The molecular weight excluding hydrogens is 204 g/mol. The van der Waals surface area contributed by atoms with E-state index in [2.05, 4.69) is 15.9 Å². The Labute approximate surface area is 77.7 Å². The van der Waals surface area contributed by atoms with Gasteiger partial charge in [0.05, 0.1) is 4.32 Å². The fourth-order valence-electron chi connectivity index (χ4n) is 0.965. The van der Waals surface area contributed by atoms with E-state index in [1.54, 1.807) is 0 Å². The van der Waals surface area contributed by atoms with Crippen molar-refractivity contribution in [1.82, 2.24) is 0 Å². The Kier molecular flexibility index (Phi) is 3.30. The van der Waals surface area contributed by atoms with Gasteiger partial charge in [-0.15, -0.1) is 0 Å². The summed E-state index contributed by atoms with van der Waals surface area (Å²) in [4.78, 5) is 11.7. The predicted molar refractivity (Wildman–Crippen MR) is 52.1 cm³/mol. The Hall–Kier alpha value is 0.150. The molecule has 0 radical (unpaired) electrons. The largest absolute Gasteiger partial charge is 0.298 e. The second-order valence-corrected chi connectivity index (χ2v) is 6.02. The van der Waals surface area contributed by atoms with Crippen molar-refractivity contribution >= 4 is 21.7 Å². The minimum Gasteiger partial charge on any atom is -0.298 e. The summed E-state index contributed by atoms with van der Waals surface area (Å²) >= 11 is 3.37. The average Bonchev–Trinajstić information content (AvgIpc) is 1.84. The highest BCUT2D eigenvalue weighted by atomic mass is 79.9. The second-order valence-electron chi connectivity index (χ2n) is 4.04. The average molecular weight is 221 g/mol. The van der Waals surface area contributed by atoms with Gasteiger partial charge >= 0.3 is 0 Å². The van der Waals surface area contributed by atoms with Crippen LogP contribution in [0.25, 0.3) is 0 Å². The maximum atomic E-state index is 11.7. The predicted octanol–water partition coefficient (Wildman–Crippen LogP) is 3.17. The molecule has 0 aliphatic rings. The molecule has 0 aromatic heterocycles. The van der Waals surface area contributed by atoms with Crippen molar-refractivity contribution < 1.29 is 4.79 Å². The number of hydrogen-bond acceptors (Lipinski definition) is 1. The number of ketones is 1. The highest BCUT2D eigenvalue weighted by Gasteiger charge is 2.35. The van der Waals surface area contributed by atoms with Crippen LogP contribution >= 0.6 is 15.9 Å². The molecule has 0 saturated heterocycles. The van der Waals surface area contributed by atoms with Crippen LogP contribution in [-0.2, 0) is 4.79 Å². The van der Waals surface area contributed by atoms with E-state index in [0.717, 1.165) is 6.42 Å². The molecule has 0 spiro atoms. The number of hydrogen-bond donors (Lipinski definition) is 0. The lowest BCUT2D eigenvalue weighted by atomic mass is 9.80. The van der Waals surface area contributed by atoms with E-state index in [9.17, 15) is 4.79 Å². The topological polar surface area (TPSA) is 17.1 Å². The van der Waals surface area contributed by atoms with Crippen molar-refractivity contribution in [2.75, 3.05) is 0 Å². The third-order valence-corrected chi connectivity index (χ3v) is 2.40. The first-order chi connectivity index (χ1) is 4.72. The third-order valence-electron chi connectivity index (χ3n) is 2.04. The van der Waals surface area contributed by atoms with Gasteiger partial charge in [-0.25, -0.2) is 0 Å². The van der Waals surface area contributed by atoms with Crippen LogP contribution in [0, 0.1) is 5.41 Å². The lowest BCUT2D eigenvalue weighted by molar-refractivity contribution is -0.128. The molecule has 0 rings (SSSR count). The van der Waals surface area contributed by atoms with Gasteiger partial charge < -0.3 is 0 Å². The van der Waals surface area contributed by atoms with Crippen LogP contribution in [0.3, 0.4) is 0 Å². The summed E-state index contributed by atoms with van der Waals surface area (Å²) < 4.78 is -0.382. The molecule has 0 N–H and O–H groups in total. The van der Waals surface area contributed by atoms with Crippen LogP contribution < -0.4 is 0 Å². The van der Waals surface area contributed by atoms with Gasteiger partial charge in [0, 0.05) is 5.41 Å². The Morgan fingerprint density at radius 1 is 1.27 bits per heavy atom. The summed E-state index contributed by atoms with van der Waals surface area (Å²) in [6.45, 7) is 9.80. The molecular formula is C9H17BrO. The van der Waals surface area contributed by atoms with Crippen LogP contribution in [0.5, 0.6) is 0 Å². The first-order valence-electron chi connectivity index (χ1n) is 3.95. The molecule has 0 aromatic rings. The van der Waals surface area contributed by atoms with E-state index in [0.29, 0.717) is 0 Å². The lowest BCUT2D eigenvalue weighted by Gasteiger charge is -2.28. The quantitative estimate of drug-likeness (QED) is 0.669. The highest BCUT2D eigenvalue weighted by Crippen LogP contribution is 2.31. The van der Waals surface area contributed by atoms with Crippen molar-refractivity contribution in [2.24, 2.45) is 5.41 Å². The SMILES string of the molecule is CCC(C)(C)C(=O)C(C)(C)Br. The summed E-state index contributed by atoms with van der Waals surface area (Å²) in [6.07, 6.45) is 0.890. The molecule has 0 bridgehead atoms. The summed E-state index contributed by atoms with van der Waals surface area (Å²) in [6, 6.07) is 0. The Bertz CT molecular complexity index is 153. The zero-order valence-electron chi connectivity index (χ0n) is 7.99. The molecule has 0 heterocycles. The normalized spacial score (nSPS) is 13.3. The third kappa shape index (κ3) is 2.94. The van der Waals surface area contributed by atoms with Crippen LogP contribution in [0.4, 0.5) is 0 Å². The number of alkyl halides is 1. The minimum absolute atomic E-state index is 0.201. The van der Waals surface area contributed by atoms with Gasteiger partial charge in [-0.3, -0.25) is 4.79 Å². The Morgan fingerprint density at radius 2 is 1.64 bits per heavy atom. The zero-order chi connectivity index (χ0) is 9.28. The fourth-order valence-corrected chi connectivity index (χ4v) is 1.50. The van der Waals surface area contributed by atoms with E-state index in [-0.39, 0.29) is 15.5 Å². The van der Waals surface area contributed by atoms with Crippen molar-refractivity contribution in [1.29, 1.82) is 0 Å². The molecule has 0 atom stereocenters. The maximum absolute atomic E-state index is 11.7. The highest BCUT2D eigenvalue weighted by molar-refractivity contribution is 9.10. The molecule has 0 saturated carbocycles. The fraction of sp³-hybridized carbons (Fsp3) is 0.889. The molecule has 0 amide bonds. The van der Waals surface area contributed by atoms with Gasteiger partial charge in [-0.05, 0) is 20.3 Å². The Morgan fingerprint density at radius 3 is 1.73 bits per heavy atom. The van der Waals surface area contributed by atoms with Gasteiger partial charge in [-0.2, -0.15) is 0 Å². The Balaban J connectivity index is 4.50. The molecule has 2 heteroatoms. The van der Waals surface area contributed by atoms with Gasteiger partial charge in [0.25, 0.3) is 0 Å². The standard InChI is InChI=1S/C9H17BrO/c1-6-8(2,3)7(11)9(4,5)10/h6H2,1-5H3. The molecule has 66 valence electrons. The summed E-state index contributed by atoms with van der Waals surface area (Å²) in [7, 11) is 0. The van der Waals surface area contributed by atoms with E-state index in [1.807, 2.05) is 34.6 Å². The van der Waals surface area contributed by atoms with Crippen LogP contribution in [-0.4, -0.2) is 10.1 Å². The van der Waals surface area contributed by atoms with Gasteiger partial charge in [-0.1, -0.05) is 36.7 Å². The molecule has 0 fully saturated rings. The number of carbonyl (C=O) groups is 1. The number of carbonyl (C=O) groups excluding carboxylic acids is 1. The van der Waals surface area contributed by atoms with Crippen molar-refractivity contribution in [2.45, 2.75) is 45.4 Å². The molecule has 11 heavy (non-hydrogen) atoms. The van der Waals surface area contributed by atoms with Crippen molar-refractivity contribution in [3.8, 4) is 0 Å². The summed E-state index contributed by atoms with van der Waals surface area (Å²) in [5.41, 5.74) is -0.201. The number of Topliss-reactive ketones (excluding diaryl/α,β-unsaturated/α-hetero) is 1. The molecule has 1 nitrogen and oxygen atoms in total. The zero-order valence-corrected chi connectivity index (χ0v) is 9.58. The first-order valence-corrected chi connectivity index (χ1v) is 4.75. The van der Waals surface area contributed by atoms with Crippen LogP contribution in [0.2, 0.25) is 0 Å². The first kappa shape index (κ1) is 11.2. The molecule has 0 aliphatic heterocycles. The van der Waals surface area contributed by atoms with Gasteiger partial charge in [0.2, 0.25) is 0 Å². The molecule has 0 aromatic carbocycles. The second kappa shape index (κ2) is 3.26. The lowest BCUT2D eigenvalue weighted by Crippen LogP contribution is -2.36. The minimum atomic E-state index is -0.382. The van der Waals surface area contributed by atoms with Crippen LogP contribution in [0.15, 0.2) is 0 Å². The number of halogens is 1. The number of rotatable bonds is 3. The smallest absolute Gasteiger partial charge is 0.154 e. The summed E-state index contributed by atoms with van der Waals surface area (Å²) in [5, 5.41) is 0. The molecule has 0 aliphatic carbocycles. The molecule has 0 unspecified atom stereocenters. The van der Waals surface area contributed by atoms with Gasteiger partial charge in [0.1, 0.15) is 0 Å². The van der Waals surface area contributed by atoms with Crippen molar-refractivity contribution in [3.05, 3.63) is 0 Å². The van der Waals surface area contributed by atoms with E-state index >= 15 is 0 Å². The van der Waals surface area contributed by atoms with E-state index < -0.39 is 0 Å². The summed E-state index contributed by atoms with van der Waals surface area (Å²) in [5.74, 6) is 0.271. The van der Waals surface area contributed by atoms with E-state index in [1.165, 1.54) is 0 Å². The monoisotopic (exact) mass is 220 g/mol.